The number of nitrogens with zero attached hydrogens (tertiary/aromatic N) is 2. The first-order valence-electron chi connectivity index (χ1n) is 13.4. The number of carbonyl (C=O) groups excluding carboxylic acids is 2. The smallest absolute Gasteiger partial charge is 0.263 e. The lowest BCUT2D eigenvalue weighted by Crippen LogP contribution is -2.12. The van der Waals surface area contributed by atoms with Crippen molar-refractivity contribution < 1.29 is 19.1 Å². The second kappa shape index (κ2) is 13.4. The topological polar surface area (TPSA) is 82.5 Å². The van der Waals surface area contributed by atoms with E-state index >= 15 is 0 Å². The van der Waals surface area contributed by atoms with Crippen molar-refractivity contribution in [1.29, 1.82) is 0 Å². The number of hydrogen-bond donors (Lipinski definition) is 1. The Hall–Kier alpha value is -4.13. The number of rotatable bonds is 13. The van der Waals surface area contributed by atoms with Gasteiger partial charge in [0.05, 0.1) is 24.2 Å². The minimum atomic E-state index is -0.227. The fourth-order valence-electron chi connectivity index (χ4n) is 4.08. The molecular weight excluding hydrogens is 478 g/mol. The highest BCUT2D eigenvalue weighted by atomic mass is 16.5. The maximum Gasteiger partial charge on any atom is 0.263 e. The molecule has 0 saturated heterocycles. The van der Waals surface area contributed by atoms with E-state index in [1.54, 1.807) is 42.5 Å². The Morgan fingerprint density at radius 2 is 1.34 bits per heavy atom. The zero-order chi connectivity index (χ0) is 26.7. The second-order valence-electron chi connectivity index (χ2n) is 9.24. The van der Waals surface area contributed by atoms with Crippen molar-refractivity contribution in [3.63, 3.8) is 0 Å². The van der Waals surface area contributed by atoms with Gasteiger partial charge in [-0.2, -0.15) is 0 Å². The summed E-state index contributed by atoms with van der Waals surface area (Å²) in [6, 6.07) is 19.6. The summed E-state index contributed by atoms with van der Waals surface area (Å²) in [5, 5.41) is 2.90. The number of ether oxygens (including phenoxy) is 2. The highest BCUT2D eigenvalue weighted by Gasteiger charge is 2.14. The molecule has 0 atom stereocenters. The molecule has 1 heterocycles. The first-order chi connectivity index (χ1) is 18.6. The number of benzene rings is 3. The van der Waals surface area contributed by atoms with Gasteiger partial charge in [0.25, 0.3) is 11.8 Å². The minimum absolute atomic E-state index is 0.182. The highest BCUT2D eigenvalue weighted by Crippen LogP contribution is 2.22. The van der Waals surface area contributed by atoms with Gasteiger partial charge in [-0.3, -0.25) is 14.2 Å². The summed E-state index contributed by atoms with van der Waals surface area (Å²) >= 11 is 0. The van der Waals surface area contributed by atoms with Crippen molar-refractivity contribution in [2.45, 2.75) is 52.4 Å². The number of nitrogens with one attached hydrogen (secondary N) is 1. The number of aromatic nitrogens is 2. The van der Waals surface area contributed by atoms with Gasteiger partial charge < -0.3 is 14.8 Å². The van der Waals surface area contributed by atoms with Gasteiger partial charge >= 0.3 is 0 Å². The molecule has 198 valence electrons. The maximum absolute atomic E-state index is 13.1. The molecule has 0 radical (unpaired) electrons. The SMILES string of the molecule is CCCCCOc1ccc(C(=O)Nc2ccc3c(c2)ncn3C(=O)c2ccc(OCCCCC)cc2)cc1. The molecule has 7 nitrogen and oxygen atoms in total. The van der Waals surface area contributed by atoms with Crippen molar-refractivity contribution in [2.75, 3.05) is 18.5 Å². The average Bonchev–Trinajstić information content (AvgIpc) is 3.37. The average molecular weight is 514 g/mol. The minimum Gasteiger partial charge on any atom is -0.494 e. The lowest BCUT2D eigenvalue weighted by molar-refractivity contribution is 0.0963. The van der Waals surface area contributed by atoms with E-state index in [0.717, 1.165) is 50.0 Å². The molecule has 1 N–H and O–H groups in total. The summed E-state index contributed by atoms with van der Waals surface area (Å²) in [6.07, 6.45) is 8.10. The third-order valence-electron chi connectivity index (χ3n) is 6.27. The van der Waals surface area contributed by atoms with E-state index < -0.39 is 0 Å². The monoisotopic (exact) mass is 513 g/mol. The Kier molecular flexibility index (Phi) is 9.51. The largest absolute Gasteiger partial charge is 0.494 e. The van der Waals surface area contributed by atoms with Crippen LogP contribution in [0.3, 0.4) is 0 Å². The van der Waals surface area contributed by atoms with Gasteiger partial charge in [-0.15, -0.1) is 0 Å². The van der Waals surface area contributed by atoms with Crippen LogP contribution >= 0.6 is 0 Å². The summed E-state index contributed by atoms with van der Waals surface area (Å²) < 4.78 is 13.0. The predicted octanol–water partition coefficient (Wildman–Crippen LogP) is 7.12. The van der Waals surface area contributed by atoms with Gasteiger partial charge in [0, 0.05) is 16.8 Å². The molecule has 0 aliphatic rings. The first-order valence-corrected chi connectivity index (χ1v) is 13.4. The van der Waals surface area contributed by atoms with Crippen LogP contribution in [0.4, 0.5) is 5.69 Å². The molecule has 0 aliphatic heterocycles. The molecule has 0 spiro atoms. The van der Waals surface area contributed by atoms with E-state index in [2.05, 4.69) is 24.1 Å². The van der Waals surface area contributed by atoms with Crippen LogP contribution in [0.2, 0.25) is 0 Å². The Balaban J connectivity index is 1.37. The number of carbonyl (C=O) groups is 2. The predicted molar refractivity (Wildman–Crippen MR) is 150 cm³/mol. The lowest BCUT2D eigenvalue weighted by Gasteiger charge is -2.09. The van der Waals surface area contributed by atoms with Crippen LogP contribution in [0.5, 0.6) is 11.5 Å². The van der Waals surface area contributed by atoms with Crippen molar-refractivity contribution in [1.82, 2.24) is 9.55 Å². The summed E-state index contributed by atoms with van der Waals surface area (Å²) in [5.41, 5.74) is 2.95. The van der Waals surface area contributed by atoms with Crippen LogP contribution in [0.15, 0.2) is 73.1 Å². The van der Waals surface area contributed by atoms with Crippen LogP contribution in [0.1, 0.15) is 73.1 Å². The lowest BCUT2D eigenvalue weighted by atomic mass is 10.2. The highest BCUT2D eigenvalue weighted by molar-refractivity contribution is 6.06. The molecule has 0 fully saturated rings. The zero-order valence-corrected chi connectivity index (χ0v) is 22.1. The Morgan fingerprint density at radius 3 is 1.92 bits per heavy atom. The molecular formula is C31H35N3O4. The molecule has 4 aromatic rings. The zero-order valence-electron chi connectivity index (χ0n) is 22.1. The fourth-order valence-corrected chi connectivity index (χ4v) is 4.08. The maximum atomic E-state index is 13.1. The van der Waals surface area contributed by atoms with Gasteiger partial charge in [-0.05, 0) is 79.6 Å². The summed E-state index contributed by atoms with van der Waals surface area (Å²) in [6.45, 7) is 5.66. The van der Waals surface area contributed by atoms with E-state index in [-0.39, 0.29) is 11.8 Å². The molecule has 3 aromatic carbocycles. The van der Waals surface area contributed by atoms with Crippen LogP contribution < -0.4 is 14.8 Å². The standard InChI is InChI=1S/C31H35N3O4/c1-3-5-7-19-37-26-14-9-23(10-15-26)30(35)33-25-13-18-29-28(21-25)32-22-34(29)31(36)24-11-16-27(17-12-24)38-20-8-6-4-2/h9-18,21-22H,3-8,19-20H2,1-2H3,(H,33,35). The van der Waals surface area contributed by atoms with Crippen molar-refractivity contribution in [3.05, 3.63) is 84.2 Å². The van der Waals surface area contributed by atoms with Gasteiger partial charge in [0.1, 0.15) is 17.8 Å². The number of hydrogen-bond acceptors (Lipinski definition) is 5. The molecule has 38 heavy (non-hydrogen) atoms. The van der Waals surface area contributed by atoms with E-state index in [4.69, 9.17) is 9.47 Å². The van der Waals surface area contributed by atoms with Crippen LogP contribution in [0.25, 0.3) is 11.0 Å². The number of fused-ring (bicyclic) bond motifs is 1. The summed E-state index contributed by atoms with van der Waals surface area (Å²) in [5.74, 6) is 1.10. The Bertz CT molecular complexity index is 1340. The molecule has 0 saturated carbocycles. The van der Waals surface area contributed by atoms with Crippen molar-refractivity contribution in [2.24, 2.45) is 0 Å². The normalized spacial score (nSPS) is 10.9. The van der Waals surface area contributed by atoms with Crippen LogP contribution in [-0.4, -0.2) is 34.6 Å². The van der Waals surface area contributed by atoms with E-state index in [1.807, 2.05) is 24.3 Å². The van der Waals surface area contributed by atoms with E-state index in [1.165, 1.54) is 10.9 Å². The molecule has 0 aliphatic carbocycles. The van der Waals surface area contributed by atoms with Gasteiger partial charge in [-0.25, -0.2) is 4.98 Å². The molecule has 4 rings (SSSR count). The van der Waals surface area contributed by atoms with Gasteiger partial charge in [0.2, 0.25) is 0 Å². The van der Waals surface area contributed by atoms with Gasteiger partial charge in [-0.1, -0.05) is 39.5 Å². The van der Waals surface area contributed by atoms with E-state index in [0.29, 0.717) is 41.1 Å². The van der Waals surface area contributed by atoms with Crippen molar-refractivity contribution in [3.8, 4) is 11.5 Å². The third-order valence-corrected chi connectivity index (χ3v) is 6.27. The molecule has 7 heteroatoms. The quantitative estimate of drug-likeness (QED) is 0.193. The Labute approximate surface area is 223 Å². The second-order valence-corrected chi connectivity index (χ2v) is 9.24. The van der Waals surface area contributed by atoms with E-state index in [9.17, 15) is 9.59 Å². The number of imidazole rings is 1. The fraction of sp³-hybridized carbons (Fsp3) is 0.323. The Morgan fingerprint density at radius 1 is 0.763 bits per heavy atom. The molecule has 0 bridgehead atoms. The summed E-state index contributed by atoms with van der Waals surface area (Å²) in [7, 11) is 0. The first kappa shape index (κ1) is 26.9. The van der Waals surface area contributed by atoms with Crippen LogP contribution in [0, 0.1) is 0 Å². The molecule has 1 aromatic heterocycles. The third kappa shape index (κ3) is 7.00. The van der Waals surface area contributed by atoms with Gasteiger partial charge in [0.15, 0.2) is 0 Å². The van der Waals surface area contributed by atoms with Crippen molar-refractivity contribution >= 4 is 28.5 Å². The number of unbranched alkanes of at least 4 members (excludes halogenated alkanes) is 4. The molecule has 0 unspecified atom stereocenters. The number of amides is 1. The molecule has 1 amide bonds. The number of anilines is 1. The van der Waals surface area contributed by atoms with Crippen LogP contribution in [-0.2, 0) is 0 Å². The summed E-state index contributed by atoms with van der Waals surface area (Å²) in [4.78, 5) is 30.2.